The summed E-state index contributed by atoms with van der Waals surface area (Å²) < 4.78 is 20.0. The van der Waals surface area contributed by atoms with Crippen molar-refractivity contribution in [3.05, 3.63) is 145 Å². The monoisotopic (exact) mass is 494 g/mol. The van der Waals surface area contributed by atoms with Gasteiger partial charge in [0.2, 0.25) is 11.4 Å². The Morgan fingerprint density at radius 3 is 2.45 bits per heavy atom. The molecule has 4 atom stereocenters. The van der Waals surface area contributed by atoms with E-state index < -0.39 is 0 Å². The largest absolute Gasteiger partial charge is 0.216 e. The number of hydrogen-bond donors (Lipinski definition) is 0. The van der Waals surface area contributed by atoms with Gasteiger partial charge >= 0.3 is 0 Å². The van der Waals surface area contributed by atoms with Crippen LogP contribution >= 0.6 is 0 Å². The normalized spacial score (nSPS) is 23.8. The van der Waals surface area contributed by atoms with Gasteiger partial charge in [-0.1, -0.05) is 67.2 Å². The van der Waals surface area contributed by atoms with E-state index in [0.29, 0.717) is 0 Å². The summed E-state index contributed by atoms with van der Waals surface area (Å²) in [6.07, 6.45) is 7.52. The van der Waals surface area contributed by atoms with Gasteiger partial charge in [0.1, 0.15) is 11.2 Å². The van der Waals surface area contributed by atoms with Crippen LogP contribution in [-0.2, 0) is 5.41 Å². The third-order valence-corrected chi connectivity index (χ3v) is 9.20. The Morgan fingerprint density at radius 2 is 1.58 bits per heavy atom. The van der Waals surface area contributed by atoms with Crippen molar-refractivity contribution in [3.8, 4) is 33.6 Å². The zero-order valence-corrected chi connectivity index (χ0v) is 21.0. The Labute approximate surface area is 222 Å². The predicted molar refractivity (Wildman–Crippen MR) is 147 cm³/mol. The lowest BCUT2D eigenvalue weighted by Gasteiger charge is -2.55. The molecule has 3 aromatic carbocycles. The molecule has 4 heterocycles. The molecule has 0 amide bonds. The molecule has 0 radical (unpaired) electrons. The summed E-state index contributed by atoms with van der Waals surface area (Å²) in [4.78, 5) is 0. The Morgan fingerprint density at radius 1 is 0.763 bits per heavy atom. The van der Waals surface area contributed by atoms with E-state index in [4.69, 9.17) is 0 Å². The second-order valence-corrected chi connectivity index (χ2v) is 10.8. The van der Waals surface area contributed by atoms with E-state index in [-0.39, 0.29) is 29.2 Å². The van der Waals surface area contributed by atoms with E-state index in [0.717, 1.165) is 23.2 Å². The van der Waals surface area contributed by atoms with Gasteiger partial charge in [-0.25, -0.2) is 4.39 Å². The van der Waals surface area contributed by atoms with Crippen molar-refractivity contribution in [2.24, 2.45) is 0 Å². The number of hydrogen-bond acceptors (Lipinski definition) is 0. The molecule has 3 aliphatic rings. The number of nitrogens with zero attached hydrogens (tertiary/aromatic N) is 2. The average Bonchev–Trinajstić information content (AvgIpc) is 2.96. The van der Waals surface area contributed by atoms with Crippen molar-refractivity contribution in [2.45, 2.75) is 29.8 Å². The first-order valence-electron chi connectivity index (χ1n) is 13.3. The highest BCUT2D eigenvalue weighted by molar-refractivity contribution is 5.71. The Kier molecular flexibility index (Phi) is 4.46. The number of allylic oxidation sites excluding steroid dienone is 1. The van der Waals surface area contributed by atoms with E-state index in [1.807, 2.05) is 12.1 Å². The molecule has 0 bridgehead atoms. The Bertz CT molecular complexity index is 1760. The van der Waals surface area contributed by atoms with E-state index in [9.17, 15) is 0 Å². The zero-order valence-electron chi connectivity index (χ0n) is 21.0. The van der Waals surface area contributed by atoms with Crippen LogP contribution in [0.15, 0.2) is 128 Å². The number of benzene rings is 3. The van der Waals surface area contributed by atoms with Crippen LogP contribution in [0.2, 0.25) is 0 Å². The molecule has 8 rings (SSSR count). The van der Waals surface area contributed by atoms with E-state index in [1.54, 1.807) is 6.07 Å². The quantitative estimate of drug-likeness (QED) is 0.182. The fraction of sp³-hybridized carbons (Fsp3) is 0.143. The second-order valence-electron chi connectivity index (χ2n) is 10.8. The number of rotatable bonds is 2. The van der Waals surface area contributed by atoms with Crippen LogP contribution in [0.5, 0.6) is 0 Å². The maximum Gasteiger partial charge on any atom is 0.216 e. The number of aromatic nitrogens is 2. The number of pyridine rings is 2. The van der Waals surface area contributed by atoms with Gasteiger partial charge < -0.3 is 0 Å². The summed E-state index contributed by atoms with van der Waals surface area (Å²) in [5, 5.41) is 0. The zero-order chi connectivity index (χ0) is 25.4. The Balaban J connectivity index is 1.39. The molecule has 3 heteroatoms. The van der Waals surface area contributed by atoms with Gasteiger partial charge in [0.15, 0.2) is 24.5 Å². The predicted octanol–water partition coefficient (Wildman–Crippen LogP) is 7.12. The minimum absolute atomic E-state index is 0.0491. The first kappa shape index (κ1) is 21.7. The first-order valence-corrected chi connectivity index (χ1v) is 13.3. The van der Waals surface area contributed by atoms with Gasteiger partial charge in [0.05, 0.1) is 11.1 Å². The van der Waals surface area contributed by atoms with Crippen molar-refractivity contribution < 1.29 is 13.5 Å². The van der Waals surface area contributed by atoms with Crippen LogP contribution in [0.4, 0.5) is 4.39 Å². The molecule has 0 saturated heterocycles. The molecule has 1 fully saturated rings. The van der Waals surface area contributed by atoms with Crippen LogP contribution < -0.4 is 9.13 Å². The standard InChI is InChI=1S/C35H27FN2/c1-2-32-35(21-27-25-14-10-16-29(36)33(25)31-17-8-9-20-37(31)34(27)35)28-15-7-6-13-26(28)30-19-18-24(22-38(30)32)23-11-4-3-5-12-23/h2-20,22,27,32,34H,1,21H2/q+2. The third-order valence-electron chi connectivity index (χ3n) is 9.20. The van der Waals surface area contributed by atoms with E-state index in [1.165, 1.54) is 27.9 Å². The van der Waals surface area contributed by atoms with Crippen LogP contribution in [0, 0.1) is 5.82 Å². The Hall–Kier alpha value is -4.37. The molecule has 5 aromatic rings. The van der Waals surface area contributed by atoms with Crippen molar-refractivity contribution in [2.75, 3.05) is 0 Å². The highest BCUT2D eigenvalue weighted by Gasteiger charge is 2.71. The number of fused-ring (bicyclic) bond motifs is 11. The molecule has 38 heavy (non-hydrogen) atoms. The smallest absolute Gasteiger partial charge is 0.206 e. The van der Waals surface area contributed by atoms with E-state index >= 15 is 4.39 Å². The fourth-order valence-electron chi connectivity index (χ4n) is 7.73. The highest BCUT2D eigenvalue weighted by atomic mass is 19.1. The molecular weight excluding hydrogens is 467 g/mol. The maximum absolute atomic E-state index is 15.3. The SMILES string of the molecule is C=CC1[n+]2cc(-c3ccccc3)ccc2-c2ccccc2C12CC1c3cccc(F)c3-c3cccc[n+]3C12. The highest BCUT2D eigenvalue weighted by Crippen LogP contribution is 2.67. The van der Waals surface area contributed by atoms with Crippen LogP contribution in [0.3, 0.4) is 0 Å². The van der Waals surface area contributed by atoms with Gasteiger partial charge in [-0.2, -0.15) is 9.13 Å². The van der Waals surface area contributed by atoms with Crippen LogP contribution in [0.25, 0.3) is 33.6 Å². The molecule has 1 spiro atoms. The van der Waals surface area contributed by atoms with Gasteiger partial charge in [-0.3, -0.25) is 0 Å². The van der Waals surface area contributed by atoms with Crippen LogP contribution in [0.1, 0.15) is 35.5 Å². The van der Waals surface area contributed by atoms with E-state index in [2.05, 4.69) is 119 Å². The van der Waals surface area contributed by atoms with Gasteiger partial charge in [-0.05, 0) is 53.5 Å². The molecular formula is C35H27FN2+2. The molecule has 2 aromatic heterocycles. The van der Waals surface area contributed by atoms with Crippen molar-refractivity contribution in [1.82, 2.24) is 0 Å². The summed E-state index contributed by atoms with van der Waals surface area (Å²) in [5.41, 5.74) is 8.86. The molecule has 0 N–H and O–H groups in total. The van der Waals surface area contributed by atoms with Crippen molar-refractivity contribution in [1.29, 1.82) is 0 Å². The molecule has 1 saturated carbocycles. The lowest BCUT2D eigenvalue weighted by molar-refractivity contribution is -0.775. The maximum atomic E-state index is 15.3. The summed E-state index contributed by atoms with van der Waals surface area (Å²) in [6.45, 7) is 4.40. The van der Waals surface area contributed by atoms with Gasteiger partial charge in [0, 0.05) is 29.7 Å². The summed E-state index contributed by atoms with van der Waals surface area (Å²) >= 11 is 0. The average molecular weight is 495 g/mol. The lowest BCUT2D eigenvalue weighted by Crippen LogP contribution is -2.71. The molecule has 182 valence electrons. The fourth-order valence-corrected chi connectivity index (χ4v) is 7.73. The third kappa shape index (κ3) is 2.66. The molecule has 2 aliphatic heterocycles. The minimum Gasteiger partial charge on any atom is -0.206 e. The van der Waals surface area contributed by atoms with Gasteiger partial charge in [0.25, 0.3) is 0 Å². The summed E-state index contributed by atoms with van der Waals surface area (Å²) in [6, 6.07) is 35.8. The first-order chi connectivity index (χ1) is 18.7. The summed E-state index contributed by atoms with van der Waals surface area (Å²) in [7, 11) is 0. The molecule has 1 aliphatic carbocycles. The van der Waals surface area contributed by atoms with Crippen molar-refractivity contribution >= 4 is 0 Å². The number of halogens is 1. The van der Waals surface area contributed by atoms with Gasteiger partial charge in [-0.15, -0.1) is 0 Å². The van der Waals surface area contributed by atoms with Crippen LogP contribution in [-0.4, -0.2) is 0 Å². The lowest BCUT2D eigenvalue weighted by atomic mass is 9.47. The molecule has 4 unspecified atom stereocenters. The minimum atomic E-state index is -0.208. The molecule has 2 nitrogen and oxygen atoms in total. The topological polar surface area (TPSA) is 7.76 Å². The van der Waals surface area contributed by atoms with Crippen molar-refractivity contribution in [3.63, 3.8) is 0 Å². The summed E-state index contributed by atoms with van der Waals surface area (Å²) in [5.74, 6) is 0.0916. The second kappa shape index (κ2) is 7.82.